The van der Waals surface area contributed by atoms with E-state index in [1.807, 2.05) is 0 Å². The van der Waals surface area contributed by atoms with Crippen LogP contribution in [0.2, 0.25) is 0 Å². The van der Waals surface area contributed by atoms with Crippen molar-refractivity contribution in [2.75, 3.05) is 13.2 Å². The van der Waals surface area contributed by atoms with Crippen molar-refractivity contribution < 1.29 is 68.8 Å². The summed E-state index contributed by atoms with van der Waals surface area (Å²) in [6, 6.07) is 0. The topological polar surface area (TPSA) is 236 Å². The van der Waals surface area contributed by atoms with E-state index in [1.54, 1.807) is 0 Å². The second-order valence-corrected chi connectivity index (χ2v) is 7.41. The predicted molar refractivity (Wildman–Crippen MR) is 79.5 cm³/mol. The van der Waals surface area contributed by atoms with Gasteiger partial charge in [0, 0.05) is 0 Å². The quantitative estimate of drug-likeness (QED) is 0.182. The van der Waals surface area contributed by atoms with Crippen molar-refractivity contribution in [3.8, 4) is 0 Å². The summed E-state index contributed by atoms with van der Waals surface area (Å²) < 4.78 is 30.1. The van der Waals surface area contributed by atoms with Crippen LogP contribution in [0.3, 0.4) is 0 Å². The molecule has 160 valence electrons. The summed E-state index contributed by atoms with van der Waals surface area (Å²) in [6.45, 7) is -1.42. The van der Waals surface area contributed by atoms with Gasteiger partial charge in [-0.05, 0) is 0 Å². The van der Waals surface area contributed by atoms with E-state index >= 15 is 0 Å². The van der Waals surface area contributed by atoms with Crippen LogP contribution in [0.4, 0.5) is 0 Å². The maximum absolute atomic E-state index is 10.7. The molecular formula is C12H23O14P. The van der Waals surface area contributed by atoms with Gasteiger partial charge in [0.2, 0.25) is 0 Å². The third-order valence-electron chi connectivity index (χ3n) is 4.19. The average molecular weight is 422 g/mol. The second-order valence-electron chi connectivity index (χ2n) is 6.17. The minimum Gasteiger partial charge on any atom is -0.387 e. The molecule has 2 heterocycles. The highest BCUT2D eigenvalue weighted by Crippen LogP contribution is 2.37. The first kappa shape index (κ1) is 23.0. The van der Waals surface area contributed by atoms with E-state index in [0.29, 0.717) is 0 Å². The van der Waals surface area contributed by atoms with Gasteiger partial charge in [-0.15, -0.1) is 0 Å². The van der Waals surface area contributed by atoms with E-state index in [-0.39, 0.29) is 0 Å². The van der Waals surface area contributed by atoms with E-state index in [0.717, 1.165) is 0 Å². The molecule has 15 heteroatoms. The molecule has 0 spiro atoms. The Morgan fingerprint density at radius 3 is 1.78 bits per heavy atom. The van der Waals surface area contributed by atoms with Crippen molar-refractivity contribution >= 4 is 7.82 Å². The molecule has 0 unspecified atom stereocenters. The van der Waals surface area contributed by atoms with Gasteiger partial charge in [-0.1, -0.05) is 0 Å². The summed E-state index contributed by atoms with van der Waals surface area (Å²) in [7, 11) is -4.89. The number of aliphatic hydroxyl groups is 7. The van der Waals surface area contributed by atoms with Crippen molar-refractivity contribution in [2.24, 2.45) is 0 Å². The molecule has 0 amide bonds. The molecule has 14 nitrogen and oxygen atoms in total. The first-order chi connectivity index (χ1) is 12.4. The Morgan fingerprint density at radius 2 is 1.22 bits per heavy atom. The third-order valence-corrected chi connectivity index (χ3v) is 4.67. The largest absolute Gasteiger partial charge is 0.469 e. The normalized spacial score (nSPS) is 46.4. The highest BCUT2D eigenvalue weighted by atomic mass is 31.2. The summed E-state index contributed by atoms with van der Waals surface area (Å²) in [4.78, 5) is 17.4. The maximum atomic E-state index is 10.7. The lowest BCUT2D eigenvalue weighted by Crippen LogP contribution is -2.61. The molecule has 2 aliphatic rings. The van der Waals surface area contributed by atoms with Gasteiger partial charge in [0.15, 0.2) is 12.6 Å². The molecule has 9 N–H and O–H groups in total. The number of aliphatic hydroxyl groups excluding tert-OH is 7. The van der Waals surface area contributed by atoms with Gasteiger partial charge >= 0.3 is 7.82 Å². The van der Waals surface area contributed by atoms with Crippen LogP contribution in [0, 0.1) is 0 Å². The van der Waals surface area contributed by atoms with E-state index in [2.05, 4.69) is 4.52 Å². The van der Waals surface area contributed by atoms with E-state index < -0.39 is 82.4 Å². The Labute approximate surface area is 152 Å². The number of hydrogen-bond donors (Lipinski definition) is 9. The summed E-state index contributed by atoms with van der Waals surface area (Å²) in [5.41, 5.74) is 0. The lowest BCUT2D eigenvalue weighted by Gasteiger charge is -2.42. The summed E-state index contributed by atoms with van der Waals surface area (Å²) in [5.74, 6) is 0. The van der Waals surface area contributed by atoms with E-state index in [4.69, 9.17) is 24.0 Å². The van der Waals surface area contributed by atoms with Crippen LogP contribution in [0.15, 0.2) is 0 Å². The molecule has 0 saturated carbocycles. The highest BCUT2D eigenvalue weighted by molar-refractivity contribution is 7.46. The number of phosphoric acid groups is 1. The SMILES string of the molecule is O=P(O)(O)OC[C@H]1O[C@H](OC[C@H]2O[C@@H](O)[C@H](O)[C@@H](O)[C@@H]2O)[C@H](O)[C@@H](O)[C@H]1O. The van der Waals surface area contributed by atoms with Crippen molar-refractivity contribution in [2.45, 2.75) is 61.4 Å². The van der Waals surface area contributed by atoms with Gasteiger partial charge < -0.3 is 59.7 Å². The molecule has 0 aromatic rings. The van der Waals surface area contributed by atoms with Crippen LogP contribution in [0.1, 0.15) is 0 Å². The van der Waals surface area contributed by atoms with Crippen molar-refractivity contribution in [1.82, 2.24) is 0 Å². The summed E-state index contributed by atoms with van der Waals surface area (Å²) in [6.07, 6.45) is -16.8. The first-order valence-corrected chi connectivity index (χ1v) is 9.34. The van der Waals surface area contributed by atoms with E-state index in [1.165, 1.54) is 0 Å². The Kier molecular flexibility index (Phi) is 7.68. The van der Waals surface area contributed by atoms with Crippen LogP contribution in [0.5, 0.6) is 0 Å². The van der Waals surface area contributed by atoms with Crippen LogP contribution < -0.4 is 0 Å². The Balaban J connectivity index is 1.96. The Morgan fingerprint density at radius 1 is 0.704 bits per heavy atom. The highest BCUT2D eigenvalue weighted by Gasteiger charge is 2.47. The number of ether oxygens (including phenoxy) is 3. The number of hydrogen-bond acceptors (Lipinski definition) is 12. The van der Waals surface area contributed by atoms with Crippen LogP contribution in [-0.4, -0.2) is 120 Å². The molecule has 0 radical (unpaired) electrons. The first-order valence-electron chi connectivity index (χ1n) is 7.81. The molecule has 0 bridgehead atoms. The molecule has 2 saturated heterocycles. The fraction of sp³-hybridized carbons (Fsp3) is 1.00. The number of phosphoric ester groups is 1. The lowest BCUT2D eigenvalue weighted by atomic mass is 9.98. The molecule has 27 heavy (non-hydrogen) atoms. The fourth-order valence-electron chi connectivity index (χ4n) is 2.62. The van der Waals surface area contributed by atoms with Crippen LogP contribution in [0.25, 0.3) is 0 Å². The average Bonchev–Trinajstić information content (AvgIpc) is 2.59. The molecule has 2 rings (SSSR count). The zero-order chi connectivity index (χ0) is 20.5. The van der Waals surface area contributed by atoms with Gasteiger partial charge in [0.25, 0.3) is 0 Å². The number of rotatable bonds is 6. The second kappa shape index (κ2) is 9.02. The standard InChI is InChI=1S/C12H23O14P/c13-5-3(25-11(19)9(17)7(5)15)1-23-12-10(18)8(16)6(14)4(26-12)2-24-27(20,21)22/h3-19H,1-2H2,(H2,20,21,22)/t3-,4-,5-,6+,7+,8+,9-,10-,11-,12+/m1/s1. The van der Waals surface area contributed by atoms with Gasteiger partial charge in [0.05, 0.1) is 13.2 Å². The molecule has 0 aromatic heterocycles. The summed E-state index contributed by atoms with van der Waals surface area (Å²) in [5, 5.41) is 67.8. The molecule has 2 aliphatic heterocycles. The van der Waals surface area contributed by atoms with Gasteiger partial charge in [-0.2, -0.15) is 0 Å². The summed E-state index contributed by atoms with van der Waals surface area (Å²) >= 11 is 0. The van der Waals surface area contributed by atoms with Crippen LogP contribution >= 0.6 is 7.82 Å². The van der Waals surface area contributed by atoms with Gasteiger partial charge in [-0.25, -0.2) is 4.57 Å². The van der Waals surface area contributed by atoms with Gasteiger partial charge in [-0.3, -0.25) is 4.52 Å². The smallest absolute Gasteiger partial charge is 0.387 e. The Bertz CT molecular complexity index is 528. The minimum atomic E-state index is -4.89. The zero-order valence-electron chi connectivity index (χ0n) is 13.7. The van der Waals surface area contributed by atoms with Crippen molar-refractivity contribution in [3.63, 3.8) is 0 Å². The zero-order valence-corrected chi connectivity index (χ0v) is 14.6. The molecule has 2 fully saturated rings. The van der Waals surface area contributed by atoms with Gasteiger partial charge in [0.1, 0.15) is 48.8 Å². The van der Waals surface area contributed by atoms with Crippen LogP contribution in [-0.2, 0) is 23.3 Å². The molecular weight excluding hydrogens is 399 g/mol. The monoisotopic (exact) mass is 422 g/mol. The predicted octanol–water partition coefficient (Wildman–Crippen LogP) is -5.28. The molecule has 0 aromatic carbocycles. The fourth-order valence-corrected chi connectivity index (χ4v) is 2.96. The van der Waals surface area contributed by atoms with Crippen molar-refractivity contribution in [3.05, 3.63) is 0 Å². The minimum absolute atomic E-state index is 0.585. The molecule has 0 aliphatic carbocycles. The third kappa shape index (κ3) is 5.62. The maximum Gasteiger partial charge on any atom is 0.469 e. The molecule has 10 atom stereocenters. The Hall–Kier alpha value is -0.290. The van der Waals surface area contributed by atoms with Crippen molar-refractivity contribution in [1.29, 1.82) is 0 Å². The van der Waals surface area contributed by atoms with E-state index in [9.17, 15) is 40.3 Å². The lowest BCUT2D eigenvalue weighted by molar-refractivity contribution is -0.325.